The Morgan fingerprint density at radius 2 is 1.90 bits per heavy atom. The van der Waals surface area contributed by atoms with Crippen molar-refractivity contribution < 1.29 is 5.11 Å². The Morgan fingerprint density at radius 3 is 2.69 bits per heavy atom. The van der Waals surface area contributed by atoms with Crippen LogP contribution in [-0.4, -0.2) is 59.7 Å². The van der Waals surface area contributed by atoms with Crippen molar-refractivity contribution in [3.8, 4) is 29.0 Å². The van der Waals surface area contributed by atoms with Gasteiger partial charge in [0, 0.05) is 48.8 Å². The number of fused-ring (bicyclic) bond motifs is 2. The molecule has 0 spiro atoms. The lowest BCUT2D eigenvalue weighted by Gasteiger charge is -2.35. The summed E-state index contributed by atoms with van der Waals surface area (Å²) >= 11 is 0. The summed E-state index contributed by atoms with van der Waals surface area (Å²) in [5.41, 5.74) is 6.42. The molecule has 42 heavy (non-hydrogen) atoms. The Morgan fingerprint density at radius 1 is 1.05 bits per heavy atom. The fourth-order valence-corrected chi connectivity index (χ4v) is 6.36. The third-order valence-corrected chi connectivity index (χ3v) is 8.53. The second-order valence-electron chi connectivity index (χ2n) is 11.0. The van der Waals surface area contributed by atoms with E-state index in [4.69, 9.17) is 9.97 Å². The Kier molecular flexibility index (Phi) is 6.88. The number of nitrogens with zero attached hydrogens (tertiary/aromatic N) is 7. The van der Waals surface area contributed by atoms with E-state index in [0.717, 1.165) is 55.5 Å². The largest absolute Gasteiger partial charge is 0.375 e. The zero-order chi connectivity index (χ0) is 28.6. The van der Waals surface area contributed by atoms with Crippen LogP contribution >= 0.6 is 0 Å². The van der Waals surface area contributed by atoms with E-state index in [-0.39, 0.29) is 0 Å². The average molecular weight is 557 g/mol. The molecule has 0 saturated carbocycles. The predicted molar refractivity (Wildman–Crippen MR) is 161 cm³/mol. The molecule has 2 aromatic carbocycles. The molecule has 1 fully saturated rings. The van der Waals surface area contributed by atoms with Crippen LogP contribution in [-0.2, 0) is 6.42 Å². The lowest BCUT2D eigenvalue weighted by Crippen LogP contribution is -2.46. The van der Waals surface area contributed by atoms with Gasteiger partial charge in [-0.1, -0.05) is 24.8 Å². The summed E-state index contributed by atoms with van der Waals surface area (Å²) in [6.07, 6.45) is 8.67. The van der Waals surface area contributed by atoms with Crippen LogP contribution in [0.15, 0.2) is 85.7 Å². The van der Waals surface area contributed by atoms with Gasteiger partial charge in [-0.2, -0.15) is 10.4 Å². The molecule has 2 atom stereocenters. The van der Waals surface area contributed by atoms with Crippen LogP contribution in [0.1, 0.15) is 42.0 Å². The number of nitrogens with one attached hydrogen (secondary N) is 1. The molecule has 7 rings (SSSR count). The van der Waals surface area contributed by atoms with Gasteiger partial charge < -0.3 is 10.4 Å². The first-order valence-corrected chi connectivity index (χ1v) is 14.5. The van der Waals surface area contributed by atoms with E-state index in [2.05, 4.69) is 50.7 Å². The first-order chi connectivity index (χ1) is 20.6. The molecule has 1 aliphatic carbocycles. The minimum Gasteiger partial charge on any atom is -0.375 e. The van der Waals surface area contributed by atoms with Crippen molar-refractivity contribution in [2.24, 2.45) is 0 Å². The zero-order valence-electron chi connectivity index (χ0n) is 23.3. The first-order valence-electron chi connectivity index (χ1n) is 14.5. The number of hydrogen-bond donors (Lipinski definition) is 2. The highest BCUT2D eigenvalue weighted by atomic mass is 16.3. The molecule has 2 N–H and O–H groups in total. The monoisotopic (exact) mass is 556 g/mol. The molecule has 1 aliphatic heterocycles. The minimum absolute atomic E-state index is 0.304. The summed E-state index contributed by atoms with van der Waals surface area (Å²) in [6.45, 7) is 5.43. The van der Waals surface area contributed by atoms with Crippen LogP contribution in [0, 0.1) is 11.3 Å². The quantitative estimate of drug-likeness (QED) is 0.280. The molecule has 210 valence electrons. The van der Waals surface area contributed by atoms with E-state index in [0.29, 0.717) is 34.9 Å². The van der Waals surface area contributed by atoms with Crippen LogP contribution < -0.4 is 5.32 Å². The van der Waals surface area contributed by atoms with Crippen LogP contribution in [0.5, 0.6) is 0 Å². The van der Waals surface area contributed by atoms with Gasteiger partial charge in [-0.3, -0.25) is 9.47 Å². The summed E-state index contributed by atoms with van der Waals surface area (Å²) in [7, 11) is 0. The van der Waals surface area contributed by atoms with Crippen molar-refractivity contribution in [1.82, 2.24) is 34.5 Å². The van der Waals surface area contributed by atoms with Gasteiger partial charge in [-0.05, 0) is 85.4 Å². The van der Waals surface area contributed by atoms with Gasteiger partial charge in [0.15, 0.2) is 11.5 Å². The molecular weight excluding hydrogens is 524 g/mol. The van der Waals surface area contributed by atoms with E-state index >= 15 is 0 Å². The number of rotatable bonds is 7. The number of pyridine rings is 1. The van der Waals surface area contributed by atoms with Crippen molar-refractivity contribution in [3.05, 3.63) is 102 Å². The van der Waals surface area contributed by atoms with E-state index in [9.17, 15) is 10.4 Å². The van der Waals surface area contributed by atoms with E-state index < -0.39 is 6.23 Å². The molecule has 1 saturated heterocycles. The maximum absolute atomic E-state index is 10.1. The first kappa shape index (κ1) is 26.3. The molecule has 9 heteroatoms. The maximum atomic E-state index is 10.1. The Balaban J connectivity index is 1.25. The van der Waals surface area contributed by atoms with Gasteiger partial charge in [-0.25, -0.2) is 14.6 Å². The molecule has 0 amide bonds. The van der Waals surface area contributed by atoms with Crippen molar-refractivity contribution in [2.75, 3.05) is 13.1 Å². The summed E-state index contributed by atoms with van der Waals surface area (Å²) < 4.78 is 3.81. The lowest BCUT2D eigenvalue weighted by atomic mass is 10.0. The average Bonchev–Trinajstić information content (AvgIpc) is 3.80. The maximum Gasteiger partial charge on any atom is 0.167 e. The van der Waals surface area contributed by atoms with E-state index in [1.165, 1.54) is 11.1 Å². The number of aliphatic hydroxyl groups is 1. The van der Waals surface area contributed by atoms with Crippen LogP contribution in [0.4, 0.5) is 0 Å². The fourth-order valence-electron chi connectivity index (χ4n) is 6.36. The van der Waals surface area contributed by atoms with Crippen molar-refractivity contribution >= 4 is 11.2 Å². The smallest absolute Gasteiger partial charge is 0.167 e. The van der Waals surface area contributed by atoms with Crippen LogP contribution in [0.2, 0.25) is 0 Å². The second-order valence-corrected chi connectivity index (χ2v) is 11.0. The van der Waals surface area contributed by atoms with Gasteiger partial charge in [-0.15, -0.1) is 0 Å². The Bertz CT molecular complexity index is 1790. The topological polar surface area (TPSA) is 108 Å². The molecule has 0 radical (unpaired) electrons. The normalized spacial score (nSPS) is 18.1. The van der Waals surface area contributed by atoms with Crippen molar-refractivity contribution in [2.45, 2.75) is 44.0 Å². The third-order valence-electron chi connectivity index (χ3n) is 8.53. The van der Waals surface area contributed by atoms with Crippen LogP contribution in [0.3, 0.4) is 0 Å². The molecule has 3 aromatic heterocycles. The number of hydrogen-bond acceptors (Lipinski definition) is 7. The minimum atomic E-state index is -0.564. The van der Waals surface area contributed by atoms with Gasteiger partial charge in [0.25, 0.3) is 0 Å². The highest BCUT2D eigenvalue weighted by molar-refractivity contribution is 5.82. The molecular formula is C33H32N8O. The molecule has 2 aliphatic rings. The number of aryl methyl sites for hydroxylation is 1. The third kappa shape index (κ3) is 4.69. The highest BCUT2D eigenvalue weighted by Crippen LogP contribution is 2.36. The lowest BCUT2D eigenvalue weighted by molar-refractivity contribution is 0.0211. The fraction of sp³-hybridized carbons (Fsp3) is 0.273. The molecule has 2 unspecified atom stereocenters. The predicted octanol–water partition coefficient (Wildman–Crippen LogP) is 4.69. The van der Waals surface area contributed by atoms with Gasteiger partial charge in [0.2, 0.25) is 0 Å². The summed E-state index contributed by atoms with van der Waals surface area (Å²) in [5, 5.41) is 28.2. The molecule has 0 bridgehead atoms. The number of piperidine rings is 1. The molecule has 4 heterocycles. The van der Waals surface area contributed by atoms with Gasteiger partial charge in [0.1, 0.15) is 17.6 Å². The van der Waals surface area contributed by atoms with Crippen LogP contribution in [0.25, 0.3) is 34.1 Å². The SMILES string of the molecule is C=CC(O)N1CCC(NC2CCc3cc(-n4c(-c5ccccc5C#N)nc5ccc(-n6cccn6)nc54)ccc32)CC1. The second kappa shape index (κ2) is 11.0. The number of nitriles is 1. The number of benzene rings is 2. The van der Waals surface area contributed by atoms with Crippen molar-refractivity contribution in [1.29, 1.82) is 5.26 Å². The Hall–Kier alpha value is -4.62. The molecule has 5 aromatic rings. The number of aromatic nitrogens is 5. The van der Waals surface area contributed by atoms with Gasteiger partial charge in [0.05, 0.1) is 11.6 Å². The summed E-state index contributed by atoms with van der Waals surface area (Å²) in [5.74, 6) is 1.39. The standard InChI is InChI=1S/C33H32N8O/c1-2-31(42)39-18-14-24(15-19-39)36-28-11-8-22-20-25(9-10-26(22)28)41-32(27-7-4-3-6-23(27)21-34)37-29-12-13-30(38-33(29)41)40-17-5-16-35-40/h2-7,9-10,12-13,16-17,20,24,28,31,36,42H,1,8,11,14-15,18-19H2. The number of aliphatic hydroxyl groups excluding tert-OH is 1. The summed E-state index contributed by atoms with van der Waals surface area (Å²) in [6, 6.07) is 23.0. The van der Waals surface area contributed by atoms with E-state index in [1.807, 2.05) is 48.7 Å². The highest BCUT2D eigenvalue weighted by Gasteiger charge is 2.29. The Labute approximate surface area is 244 Å². The molecule has 9 nitrogen and oxygen atoms in total. The van der Waals surface area contributed by atoms with Gasteiger partial charge >= 0.3 is 0 Å². The van der Waals surface area contributed by atoms with E-state index in [1.54, 1.807) is 17.0 Å². The number of imidazole rings is 1. The van der Waals surface area contributed by atoms with Crippen molar-refractivity contribution in [3.63, 3.8) is 0 Å². The number of likely N-dealkylation sites (tertiary alicyclic amines) is 1. The summed E-state index contributed by atoms with van der Waals surface area (Å²) in [4.78, 5) is 12.0. The zero-order valence-corrected chi connectivity index (χ0v) is 23.3.